The van der Waals surface area contributed by atoms with Gasteiger partial charge in [-0.1, -0.05) is 11.6 Å². The van der Waals surface area contributed by atoms with E-state index in [0.717, 1.165) is 36.7 Å². The number of allylic oxidation sites excluding steroid dienone is 2. The molecule has 1 aromatic heterocycles. The second-order valence-corrected chi connectivity index (χ2v) is 7.39. The Hall–Kier alpha value is -2.65. The molecule has 3 aliphatic heterocycles. The smallest absolute Gasteiger partial charge is 0.317 e. The number of carboxylic acids is 1. The lowest BCUT2D eigenvalue weighted by molar-refractivity contribution is -0.138. The summed E-state index contributed by atoms with van der Waals surface area (Å²) in [5.74, 6) is -0.914. The third kappa shape index (κ3) is 3.95. The average Bonchev–Trinajstić information content (AvgIpc) is 3.06. The van der Waals surface area contributed by atoms with Gasteiger partial charge in [-0.25, -0.2) is 14.4 Å². The minimum atomic E-state index is -0.867. The summed E-state index contributed by atoms with van der Waals surface area (Å²) < 4.78 is 14.3. The standard InChI is InChI=1S/C18H20ClFN6O2/c19-10-4-12-13(6-22-16(12)21-5-10)17-23-7-14(20)18(25-17)24-11-2-1-3-26(8-11)9-15(27)28/h4-7,11,16,21-22H,1-3,8-9H2,(H,27,28)(H,23,24,25)/t11-,16?/m0/s1. The van der Waals surface area contributed by atoms with E-state index in [0.29, 0.717) is 17.4 Å². The number of rotatable bonds is 5. The number of dihydropyridines is 1. The first-order valence-corrected chi connectivity index (χ1v) is 9.41. The van der Waals surface area contributed by atoms with E-state index < -0.39 is 11.8 Å². The number of likely N-dealkylation sites (tertiary alicyclic amines) is 1. The number of hydrogen-bond donors (Lipinski definition) is 4. The van der Waals surface area contributed by atoms with Crippen LogP contribution >= 0.6 is 11.6 Å². The van der Waals surface area contributed by atoms with Crippen molar-refractivity contribution >= 4 is 29.0 Å². The van der Waals surface area contributed by atoms with Crippen LogP contribution in [0.5, 0.6) is 0 Å². The highest BCUT2D eigenvalue weighted by molar-refractivity contribution is 6.31. The van der Waals surface area contributed by atoms with Crippen LogP contribution in [0, 0.1) is 5.82 Å². The van der Waals surface area contributed by atoms with Crippen molar-refractivity contribution in [2.75, 3.05) is 25.0 Å². The number of aromatic nitrogens is 2. The lowest BCUT2D eigenvalue weighted by atomic mass is 10.0. The van der Waals surface area contributed by atoms with Gasteiger partial charge in [0.1, 0.15) is 6.17 Å². The molecule has 0 saturated carbocycles. The lowest BCUT2D eigenvalue weighted by Crippen LogP contribution is -2.44. The van der Waals surface area contributed by atoms with Crippen molar-refractivity contribution < 1.29 is 14.3 Å². The second-order valence-electron chi connectivity index (χ2n) is 6.96. The van der Waals surface area contributed by atoms with Crippen molar-refractivity contribution in [3.63, 3.8) is 0 Å². The third-order valence-electron chi connectivity index (χ3n) is 4.89. The van der Waals surface area contributed by atoms with E-state index in [2.05, 4.69) is 25.9 Å². The fraction of sp³-hybridized carbons (Fsp3) is 0.389. The molecule has 3 aliphatic rings. The molecule has 0 spiro atoms. The zero-order valence-electron chi connectivity index (χ0n) is 15.0. The van der Waals surface area contributed by atoms with Crippen LogP contribution in [0.25, 0.3) is 5.57 Å². The molecule has 0 aromatic carbocycles. The highest BCUT2D eigenvalue weighted by Gasteiger charge is 2.28. The van der Waals surface area contributed by atoms with Crippen molar-refractivity contribution in [1.29, 1.82) is 0 Å². The van der Waals surface area contributed by atoms with E-state index in [1.54, 1.807) is 12.4 Å². The molecule has 1 fully saturated rings. The predicted octanol–water partition coefficient (Wildman–Crippen LogP) is 1.46. The number of halogens is 2. The largest absolute Gasteiger partial charge is 0.480 e. The van der Waals surface area contributed by atoms with Gasteiger partial charge in [0.05, 0.1) is 17.8 Å². The molecule has 148 valence electrons. The molecule has 28 heavy (non-hydrogen) atoms. The Balaban J connectivity index is 1.52. The number of nitrogens with one attached hydrogen (secondary N) is 3. The van der Waals surface area contributed by atoms with Gasteiger partial charge in [-0.2, -0.15) is 0 Å². The number of hydrogen-bond acceptors (Lipinski definition) is 7. The summed E-state index contributed by atoms with van der Waals surface area (Å²) in [6.45, 7) is 1.22. The Morgan fingerprint density at radius 3 is 3.07 bits per heavy atom. The molecule has 0 aliphatic carbocycles. The fourth-order valence-electron chi connectivity index (χ4n) is 3.64. The molecule has 0 bridgehead atoms. The number of nitrogens with zero attached hydrogens (tertiary/aromatic N) is 3. The molecule has 0 amide bonds. The zero-order valence-corrected chi connectivity index (χ0v) is 15.7. The molecule has 4 rings (SSSR count). The van der Waals surface area contributed by atoms with Crippen LogP contribution < -0.4 is 16.0 Å². The van der Waals surface area contributed by atoms with E-state index in [1.165, 1.54) is 0 Å². The summed E-state index contributed by atoms with van der Waals surface area (Å²) in [4.78, 5) is 21.3. The van der Waals surface area contributed by atoms with Crippen LogP contribution in [0.15, 0.2) is 35.3 Å². The Morgan fingerprint density at radius 1 is 1.43 bits per heavy atom. The monoisotopic (exact) mass is 406 g/mol. The van der Waals surface area contributed by atoms with Crippen LogP contribution in [-0.2, 0) is 4.79 Å². The zero-order chi connectivity index (χ0) is 19.7. The lowest BCUT2D eigenvalue weighted by Gasteiger charge is -2.32. The van der Waals surface area contributed by atoms with Crippen LogP contribution in [0.4, 0.5) is 10.2 Å². The van der Waals surface area contributed by atoms with Gasteiger partial charge in [-0.05, 0) is 25.5 Å². The molecular formula is C18H20ClFN6O2. The molecule has 8 nitrogen and oxygen atoms in total. The molecule has 1 aromatic rings. The van der Waals surface area contributed by atoms with E-state index in [1.807, 2.05) is 11.0 Å². The summed E-state index contributed by atoms with van der Waals surface area (Å²) in [5, 5.41) is 18.9. The SMILES string of the molecule is O=C(O)CN1CCC[C@H](Nc2nc(C3=CNC4NC=C(Cl)C=C34)ncc2F)C1. The molecule has 1 unspecified atom stereocenters. The van der Waals surface area contributed by atoms with Crippen molar-refractivity contribution in [3.05, 3.63) is 46.9 Å². The minimum absolute atomic E-state index is 0.0228. The molecule has 0 radical (unpaired) electrons. The Bertz CT molecular complexity index is 887. The van der Waals surface area contributed by atoms with Crippen LogP contribution in [0.3, 0.4) is 0 Å². The molecule has 2 atom stereocenters. The summed E-state index contributed by atoms with van der Waals surface area (Å²) >= 11 is 6.08. The van der Waals surface area contributed by atoms with Crippen LogP contribution in [0.1, 0.15) is 18.7 Å². The van der Waals surface area contributed by atoms with Gasteiger partial charge in [0.15, 0.2) is 17.5 Å². The fourth-order valence-corrected chi connectivity index (χ4v) is 3.82. The van der Waals surface area contributed by atoms with Crippen molar-refractivity contribution in [3.8, 4) is 0 Å². The first kappa shape index (κ1) is 18.7. The minimum Gasteiger partial charge on any atom is -0.480 e. The molecule has 1 saturated heterocycles. The van der Waals surface area contributed by atoms with Gasteiger partial charge >= 0.3 is 5.97 Å². The molecule has 10 heteroatoms. The molecule has 4 heterocycles. The van der Waals surface area contributed by atoms with Gasteiger partial charge in [-0.15, -0.1) is 0 Å². The van der Waals surface area contributed by atoms with E-state index in [9.17, 15) is 9.18 Å². The maximum atomic E-state index is 14.3. The topological polar surface area (TPSA) is 102 Å². The van der Waals surface area contributed by atoms with Gasteiger partial charge < -0.3 is 21.1 Å². The Labute approximate surface area is 166 Å². The predicted molar refractivity (Wildman–Crippen MR) is 103 cm³/mol. The summed E-state index contributed by atoms with van der Waals surface area (Å²) in [6.07, 6.45) is 7.97. The van der Waals surface area contributed by atoms with E-state index in [-0.39, 0.29) is 24.6 Å². The highest BCUT2D eigenvalue weighted by atomic mass is 35.5. The van der Waals surface area contributed by atoms with Crippen molar-refractivity contribution in [1.82, 2.24) is 25.5 Å². The van der Waals surface area contributed by atoms with Crippen LogP contribution in [0.2, 0.25) is 0 Å². The number of carbonyl (C=O) groups is 1. The first-order chi connectivity index (χ1) is 13.5. The van der Waals surface area contributed by atoms with E-state index >= 15 is 0 Å². The maximum Gasteiger partial charge on any atom is 0.317 e. The summed E-state index contributed by atoms with van der Waals surface area (Å²) in [5.41, 5.74) is 1.62. The quantitative estimate of drug-likeness (QED) is 0.583. The third-order valence-corrected chi connectivity index (χ3v) is 5.11. The van der Waals surface area contributed by atoms with Crippen LogP contribution in [-0.4, -0.2) is 57.8 Å². The average molecular weight is 407 g/mol. The number of carboxylic acid groups (broad SMARTS) is 1. The second kappa shape index (κ2) is 7.76. The number of aliphatic carboxylic acids is 1. The van der Waals surface area contributed by atoms with Gasteiger partial charge in [-0.3, -0.25) is 9.69 Å². The number of anilines is 1. The number of fused-ring (bicyclic) bond motifs is 1. The van der Waals surface area contributed by atoms with Crippen molar-refractivity contribution in [2.45, 2.75) is 25.0 Å². The Morgan fingerprint density at radius 2 is 2.25 bits per heavy atom. The normalized spacial score (nSPS) is 24.3. The Kier molecular flexibility index (Phi) is 5.19. The maximum absolute atomic E-state index is 14.3. The molecular weight excluding hydrogens is 387 g/mol. The van der Waals surface area contributed by atoms with Gasteiger partial charge in [0.25, 0.3) is 0 Å². The molecule has 4 N–H and O–H groups in total. The summed E-state index contributed by atoms with van der Waals surface area (Å²) in [7, 11) is 0. The van der Waals surface area contributed by atoms with Gasteiger partial charge in [0, 0.05) is 36.1 Å². The van der Waals surface area contributed by atoms with Gasteiger partial charge in [0.2, 0.25) is 0 Å². The first-order valence-electron chi connectivity index (χ1n) is 9.03. The highest BCUT2D eigenvalue weighted by Crippen LogP contribution is 2.31. The summed E-state index contributed by atoms with van der Waals surface area (Å²) in [6, 6.07) is -0.0817. The number of piperidine rings is 1. The van der Waals surface area contributed by atoms with E-state index in [4.69, 9.17) is 16.7 Å². The van der Waals surface area contributed by atoms with Crippen molar-refractivity contribution in [2.24, 2.45) is 0 Å².